The fraction of sp³-hybridized carbons (Fsp3) is 0.500. The average Bonchev–Trinajstić information content (AvgIpc) is 2.75. The lowest BCUT2D eigenvalue weighted by molar-refractivity contribution is -0.137. The Kier molecular flexibility index (Phi) is 4.49. The molecule has 1 N–H and O–H groups in total. The number of benzene rings is 1. The van der Waals surface area contributed by atoms with Gasteiger partial charge in [0.1, 0.15) is 0 Å². The van der Waals surface area contributed by atoms with E-state index < -0.39 is 5.97 Å². The Balaban J connectivity index is 1.74. The average molecular weight is 250 g/mol. The van der Waals surface area contributed by atoms with E-state index in [1.807, 2.05) is 11.8 Å². The van der Waals surface area contributed by atoms with Crippen LogP contribution in [-0.4, -0.2) is 16.8 Å². The van der Waals surface area contributed by atoms with E-state index in [0.29, 0.717) is 6.42 Å². The number of carbonyl (C=O) groups is 1. The van der Waals surface area contributed by atoms with E-state index in [2.05, 4.69) is 18.2 Å². The molecule has 0 saturated carbocycles. The van der Waals surface area contributed by atoms with Crippen LogP contribution < -0.4 is 0 Å². The molecule has 0 amide bonds. The molecule has 0 spiro atoms. The maximum atomic E-state index is 10.4. The van der Waals surface area contributed by atoms with Crippen molar-refractivity contribution in [1.82, 2.24) is 0 Å². The predicted molar refractivity (Wildman–Crippen MR) is 70.7 cm³/mol. The minimum absolute atomic E-state index is 0.296. The molecule has 2 rings (SSSR count). The van der Waals surface area contributed by atoms with Crippen LogP contribution in [0.5, 0.6) is 0 Å². The number of carboxylic acids is 1. The lowest BCUT2D eigenvalue weighted by Gasteiger charge is -2.04. The smallest absolute Gasteiger partial charge is 0.303 e. The fourth-order valence-electron chi connectivity index (χ4n) is 2.21. The van der Waals surface area contributed by atoms with Crippen molar-refractivity contribution in [1.29, 1.82) is 0 Å². The number of thioether (sulfide) groups is 1. The molecule has 0 radical (unpaired) electrons. The van der Waals surface area contributed by atoms with Gasteiger partial charge >= 0.3 is 5.97 Å². The van der Waals surface area contributed by atoms with Crippen molar-refractivity contribution in [2.45, 2.75) is 43.4 Å². The second-order valence-corrected chi connectivity index (χ2v) is 5.65. The molecule has 0 saturated heterocycles. The summed E-state index contributed by atoms with van der Waals surface area (Å²) in [5.41, 5.74) is 3.03. The molecule has 1 aliphatic rings. The van der Waals surface area contributed by atoms with E-state index in [4.69, 9.17) is 5.11 Å². The number of hydrogen-bond acceptors (Lipinski definition) is 2. The molecule has 1 aromatic carbocycles. The molecule has 0 bridgehead atoms. The van der Waals surface area contributed by atoms with Gasteiger partial charge < -0.3 is 5.11 Å². The van der Waals surface area contributed by atoms with Gasteiger partial charge in [-0.05, 0) is 61.1 Å². The zero-order chi connectivity index (χ0) is 12.1. The lowest BCUT2D eigenvalue weighted by atomic mass is 10.1. The number of aryl methyl sites for hydroxylation is 2. The summed E-state index contributed by atoms with van der Waals surface area (Å²) < 4.78 is 0. The van der Waals surface area contributed by atoms with Crippen LogP contribution in [0.3, 0.4) is 0 Å². The van der Waals surface area contributed by atoms with E-state index in [1.165, 1.54) is 35.3 Å². The quantitative estimate of drug-likeness (QED) is 0.620. The van der Waals surface area contributed by atoms with Gasteiger partial charge in [-0.25, -0.2) is 0 Å². The molecule has 1 aliphatic carbocycles. The number of hydrogen-bond donors (Lipinski definition) is 1. The van der Waals surface area contributed by atoms with Crippen LogP contribution in [0.2, 0.25) is 0 Å². The molecule has 2 nitrogen and oxygen atoms in total. The highest BCUT2D eigenvalue weighted by Gasteiger charge is 2.10. The summed E-state index contributed by atoms with van der Waals surface area (Å²) in [7, 11) is 0. The lowest BCUT2D eigenvalue weighted by Crippen LogP contribution is -1.94. The monoisotopic (exact) mass is 250 g/mol. The van der Waals surface area contributed by atoms with E-state index in [0.717, 1.165) is 18.6 Å². The summed E-state index contributed by atoms with van der Waals surface area (Å²) in [6.07, 6.45) is 5.82. The van der Waals surface area contributed by atoms with Gasteiger partial charge in [0, 0.05) is 11.3 Å². The first-order valence-electron chi connectivity index (χ1n) is 6.22. The SMILES string of the molecule is O=C(O)CCCCSc1ccc2c(c1)CCC2. The van der Waals surface area contributed by atoms with Crippen molar-refractivity contribution in [2.24, 2.45) is 0 Å². The Hall–Kier alpha value is -0.960. The van der Waals surface area contributed by atoms with Crippen molar-refractivity contribution in [3.05, 3.63) is 29.3 Å². The zero-order valence-electron chi connectivity index (χ0n) is 9.95. The first-order valence-corrected chi connectivity index (χ1v) is 7.20. The molecular formula is C14H18O2S. The van der Waals surface area contributed by atoms with Gasteiger partial charge in [-0.3, -0.25) is 4.79 Å². The second kappa shape index (κ2) is 6.10. The van der Waals surface area contributed by atoms with E-state index in [1.54, 1.807) is 0 Å². The summed E-state index contributed by atoms with van der Waals surface area (Å²) in [6.45, 7) is 0. The third kappa shape index (κ3) is 3.77. The first-order chi connectivity index (χ1) is 8.25. The van der Waals surface area contributed by atoms with E-state index >= 15 is 0 Å². The molecule has 17 heavy (non-hydrogen) atoms. The number of aliphatic carboxylic acids is 1. The molecule has 0 fully saturated rings. The second-order valence-electron chi connectivity index (χ2n) is 4.48. The molecule has 0 atom stereocenters. The third-order valence-corrected chi connectivity index (χ3v) is 4.20. The number of rotatable bonds is 6. The van der Waals surface area contributed by atoms with Crippen LogP contribution in [0, 0.1) is 0 Å². The Bertz CT molecular complexity index is 401. The highest BCUT2D eigenvalue weighted by Crippen LogP contribution is 2.28. The third-order valence-electron chi connectivity index (χ3n) is 3.12. The Morgan fingerprint density at radius 3 is 2.88 bits per heavy atom. The number of carboxylic acid groups (broad SMARTS) is 1. The van der Waals surface area contributed by atoms with E-state index in [9.17, 15) is 4.79 Å². The van der Waals surface area contributed by atoms with Gasteiger partial charge in [-0.15, -0.1) is 11.8 Å². The minimum Gasteiger partial charge on any atom is -0.481 e. The van der Waals surface area contributed by atoms with Crippen LogP contribution in [0.4, 0.5) is 0 Å². The van der Waals surface area contributed by atoms with Gasteiger partial charge in [0.05, 0.1) is 0 Å². The topological polar surface area (TPSA) is 37.3 Å². The van der Waals surface area contributed by atoms with Crippen molar-refractivity contribution < 1.29 is 9.90 Å². The van der Waals surface area contributed by atoms with Gasteiger partial charge in [-0.1, -0.05) is 6.07 Å². The number of fused-ring (bicyclic) bond motifs is 1. The Labute approximate surface area is 106 Å². The highest BCUT2D eigenvalue weighted by molar-refractivity contribution is 7.99. The van der Waals surface area contributed by atoms with Gasteiger partial charge in [0.2, 0.25) is 0 Å². The van der Waals surface area contributed by atoms with Crippen molar-refractivity contribution in [2.75, 3.05) is 5.75 Å². The van der Waals surface area contributed by atoms with Gasteiger partial charge in [0.25, 0.3) is 0 Å². The van der Waals surface area contributed by atoms with Crippen molar-refractivity contribution in [3.63, 3.8) is 0 Å². The summed E-state index contributed by atoms with van der Waals surface area (Å²) in [5, 5.41) is 8.53. The van der Waals surface area contributed by atoms with Crippen molar-refractivity contribution >= 4 is 17.7 Å². The maximum Gasteiger partial charge on any atom is 0.303 e. The molecule has 0 unspecified atom stereocenters. The summed E-state index contributed by atoms with van der Waals surface area (Å²) in [5.74, 6) is 0.332. The molecule has 0 heterocycles. The van der Waals surface area contributed by atoms with E-state index in [-0.39, 0.29) is 0 Å². The van der Waals surface area contributed by atoms with Gasteiger partial charge in [-0.2, -0.15) is 0 Å². The first kappa shape index (κ1) is 12.5. The standard InChI is InChI=1S/C14H18O2S/c15-14(16)6-1-2-9-17-13-8-7-11-4-3-5-12(11)10-13/h7-8,10H,1-6,9H2,(H,15,16). The molecule has 0 aliphatic heterocycles. The normalized spacial score (nSPS) is 13.6. The maximum absolute atomic E-state index is 10.4. The van der Waals surface area contributed by atoms with Crippen LogP contribution in [0.15, 0.2) is 23.1 Å². The van der Waals surface area contributed by atoms with Crippen LogP contribution >= 0.6 is 11.8 Å². The summed E-state index contributed by atoms with van der Waals surface area (Å²) in [4.78, 5) is 11.7. The van der Waals surface area contributed by atoms with Crippen LogP contribution in [-0.2, 0) is 17.6 Å². The largest absolute Gasteiger partial charge is 0.481 e. The molecule has 92 valence electrons. The van der Waals surface area contributed by atoms with Crippen LogP contribution in [0.1, 0.15) is 36.8 Å². The summed E-state index contributed by atoms with van der Waals surface area (Å²) in [6, 6.07) is 6.76. The predicted octanol–water partition coefficient (Wildman–Crippen LogP) is 3.52. The zero-order valence-corrected chi connectivity index (χ0v) is 10.8. The van der Waals surface area contributed by atoms with Crippen LogP contribution in [0.25, 0.3) is 0 Å². The Morgan fingerprint density at radius 1 is 1.24 bits per heavy atom. The van der Waals surface area contributed by atoms with Gasteiger partial charge in [0.15, 0.2) is 0 Å². The fourth-order valence-corrected chi connectivity index (χ4v) is 3.18. The summed E-state index contributed by atoms with van der Waals surface area (Å²) >= 11 is 1.85. The number of unbranched alkanes of at least 4 members (excludes halogenated alkanes) is 1. The Morgan fingerprint density at radius 2 is 2.06 bits per heavy atom. The minimum atomic E-state index is -0.687. The molecule has 1 aromatic rings. The van der Waals surface area contributed by atoms with Crippen molar-refractivity contribution in [3.8, 4) is 0 Å². The molecular weight excluding hydrogens is 232 g/mol. The molecule has 0 aromatic heterocycles. The molecule has 3 heteroatoms. The highest BCUT2D eigenvalue weighted by atomic mass is 32.2.